The number of benzene rings is 2. The van der Waals surface area contributed by atoms with Crippen LogP contribution >= 0.6 is 11.6 Å². The van der Waals surface area contributed by atoms with Crippen molar-refractivity contribution in [2.45, 2.75) is 31.8 Å². The second-order valence-electron chi connectivity index (χ2n) is 8.63. The lowest BCUT2D eigenvalue weighted by Gasteiger charge is -2.29. The summed E-state index contributed by atoms with van der Waals surface area (Å²) in [5, 5.41) is 2.83. The van der Waals surface area contributed by atoms with E-state index in [9.17, 15) is 19.2 Å². The van der Waals surface area contributed by atoms with Crippen LogP contribution in [-0.4, -0.2) is 39.6 Å². The van der Waals surface area contributed by atoms with Crippen molar-refractivity contribution in [2.24, 2.45) is 5.73 Å². The summed E-state index contributed by atoms with van der Waals surface area (Å²) in [4.78, 5) is 54.5. The average Bonchev–Trinajstić information content (AvgIpc) is 3.15. The number of rotatable bonds is 5. The number of primary amides is 1. The molecule has 1 atom stereocenters. The molecule has 1 saturated heterocycles. The number of hydrogen-bond acceptors (Lipinski definition) is 5. The first-order chi connectivity index (χ1) is 16.8. The second kappa shape index (κ2) is 8.96. The molecule has 0 aliphatic carbocycles. The van der Waals surface area contributed by atoms with E-state index < -0.39 is 17.9 Å². The van der Waals surface area contributed by atoms with Crippen molar-refractivity contribution in [1.82, 2.24) is 15.2 Å². The molecule has 0 bridgehead atoms. The van der Waals surface area contributed by atoms with Crippen LogP contribution in [0.5, 0.6) is 0 Å². The zero-order valence-corrected chi connectivity index (χ0v) is 19.3. The van der Waals surface area contributed by atoms with Crippen molar-refractivity contribution in [3.8, 4) is 11.1 Å². The molecule has 3 aromatic rings. The Bertz CT molecular complexity index is 1400. The SMILES string of the molecule is NC(=O)c1ncccc1Cc1cc(Cl)cc(-c2cccc3c2CN(C2CCC(=O)NC2=O)C3=O)c1. The van der Waals surface area contributed by atoms with Gasteiger partial charge >= 0.3 is 0 Å². The lowest BCUT2D eigenvalue weighted by molar-refractivity contribution is -0.136. The van der Waals surface area contributed by atoms with Crippen molar-refractivity contribution in [3.63, 3.8) is 0 Å². The number of amides is 4. The van der Waals surface area contributed by atoms with E-state index in [0.29, 0.717) is 29.0 Å². The van der Waals surface area contributed by atoms with Crippen molar-refractivity contribution in [2.75, 3.05) is 0 Å². The van der Waals surface area contributed by atoms with Gasteiger partial charge in [-0.1, -0.05) is 35.9 Å². The molecule has 0 saturated carbocycles. The molecule has 0 radical (unpaired) electrons. The maximum atomic E-state index is 13.2. The smallest absolute Gasteiger partial charge is 0.267 e. The van der Waals surface area contributed by atoms with Crippen LogP contribution in [0, 0.1) is 0 Å². The number of fused-ring (bicyclic) bond motifs is 1. The van der Waals surface area contributed by atoms with E-state index in [4.69, 9.17) is 17.3 Å². The number of piperidine rings is 1. The van der Waals surface area contributed by atoms with Gasteiger partial charge in [0, 0.05) is 29.7 Å². The minimum Gasteiger partial charge on any atom is -0.364 e. The van der Waals surface area contributed by atoms with Crippen LogP contribution in [0.4, 0.5) is 0 Å². The summed E-state index contributed by atoms with van der Waals surface area (Å²) in [5.74, 6) is -1.61. The van der Waals surface area contributed by atoms with Crippen LogP contribution in [0.15, 0.2) is 54.7 Å². The molecule has 3 heterocycles. The fourth-order valence-corrected chi connectivity index (χ4v) is 5.04. The standard InChI is InChI=1S/C26H21ClN4O4/c27-17-11-14(9-15-3-2-8-29-23(15)24(28)33)10-16(12-17)18-4-1-5-19-20(18)13-31(26(19)35)21-6-7-22(32)30-25(21)34/h1-5,8,10-12,21H,6-7,9,13H2,(H2,28,33)(H,30,32,34). The number of nitrogens with zero attached hydrogens (tertiary/aromatic N) is 2. The number of carbonyl (C=O) groups is 4. The van der Waals surface area contributed by atoms with Gasteiger partial charge in [0.25, 0.3) is 11.8 Å². The van der Waals surface area contributed by atoms with Gasteiger partial charge < -0.3 is 10.6 Å². The molecular weight excluding hydrogens is 468 g/mol. The minimum absolute atomic E-state index is 0.197. The molecule has 2 aliphatic rings. The molecule has 4 amide bonds. The summed E-state index contributed by atoms with van der Waals surface area (Å²) in [5.41, 5.74) is 10.2. The minimum atomic E-state index is -0.687. The number of nitrogens with two attached hydrogens (primary N) is 1. The van der Waals surface area contributed by atoms with E-state index in [1.807, 2.05) is 24.3 Å². The van der Waals surface area contributed by atoms with E-state index in [1.54, 1.807) is 24.3 Å². The van der Waals surface area contributed by atoms with Crippen molar-refractivity contribution >= 4 is 35.2 Å². The van der Waals surface area contributed by atoms with E-state index in [0.717, 1.165) is 22.3 Å². The van der Waals surface area contributed by atoms with Crippen LogP contribution in [-0.2, 0) is 22.6 Å². The van der Waals surface area contributed by atoms with Crippen LogP contribution in [0.1, 0.15) is 50.4 Å². The highest BCUT2D eigenvalue weighted by Gasteiger charge is 2.39. The molecule has 8 nitrogen and oxygen atoms in total. The van der Waals surface area contributed by atoms with Crippen LogP contribution in [0.2, 0.25) is 5.02 Å². The van der Waals surface area contributed by atoms with E-state index in [2.05, 4.69) is 10.3 Å². The Kier molecular flexibility index (Phi) is 5.82. The molecular formula is C26H21ClN4O4. The number of pyridine rings is 1. The number of carbonyl (C=O) groups excluding carboxylic acids is 4. The first-order valence-electron chi connectivity index (χ1n) is 11.1. The van der Waals surface area contributed by atoms with Crippen LogP contribution in [0.3, 0.4) is 0 Å². The zero-order chi connectivity index (χ0) is 24.7. The number of nitrogens with one attached hydrogen (secondary N) is 1. The molecule has 5 rings (SSSR count). The highest BCUT2D eigenvalue weighted by atomic mass is 35.5. The van der Waals surface area contributed by atoms with Gasteiger partial charge in [0.15, 0.2) is 0 Å². The van der Waals surface area contributed by atoms with Gasteiger partial charge in [-0.05, 0) is 64.9 Å². The molecule has 35 heavy (non-hydrogen) atoms. The zero-order valence-electron chi connectivity index (χ0n) is 18.6. The predicted octanol–water partition coefficient (Wildman–Crippen LogP) is 2.85. The lowest BCUT2D eigenvalue weighted by Crippen LogP contribution is -2.52. The molecule has 1 aromatic heterocycles. The maximum absolute atomic E-state index is 13.2. The lowest BCUT2D eigenvalue weighted by atomic mass is 9.94. The van der Waals surface area contributed by atoms with E-state index in [-0.39, 0.29) is 30.5 Å². The summed E-state index contributed by atoms with van der Waals surface area (Å²) in [6.07, 6.45) is 2.42. The Morgan fingerprint density at radius 3 is 2.69 bits per heavy atom. The van der Waals surface area contributed by atoms with E-state index >= 15 is 0 Å². The van der Waals surface area contributed by atoms with Crippen LogP contribution < -0.4 is 11.1 Å². The Morgan fingerprint density at radius 1 is 1.11 bits per heavy atom. The summed E-state index contributed by atoms with van der Waals surface area (Å²) in [6.45, 7) is 0.257. The van der Waals surface area contributed by atoms with Gasteiger partial charge in [0.1, 0.15) is 11.7 Å². The number of hydrogen-bond donors (Lipinski definition) is 2. The molecule has 2 aliphatic heterocycles. The summed E-state index contributed by atoms with van der Waals surface area (Å²) < 4.78 is 0. The highest BCUT2D eigenvalue weighted by Crippen LogP contribution is 2.36. The molecule has 2 aromatic carbocycles. The fourth-order valence-electron chi connectivity index (χ4n) is 4.79. The van der Waals surface area contributed by atoms with Gasteiger partial charge in [0.2, 0.25) is 11.8 Å². The van der Waals surface area contributed by atoms with Gasteiger partial charge in [0.05, 0.1) is 0 Å². The van der Waals surface area contributed by atoms with Crippen molar-refractivity contribution in [3.05, 3.63) is 87.7 Å². The Morgan fingerprint density at radius 2 is 1.91 bits per heavy atom. The summed E-state index contributed by atoms with van der Waals surface area (Å²) >= 11 is 6.46. The number of imide groups is 1. The Hall–Kier alpha value is -4.04. The van der Waals surface area contributed by atoms with E-state index in [1.165, 1.54) is 11.1 Å². The molecule has 3 N–H and O–H groups in total. The monoisotopic (exact) mass is 488 g/mol. The third-order valence-corrected chi connectivity index (χ3v) is 6.59. The summed E-state index contributed by atoms with van der Waals surface area (Å²) in [7, 11) is 0. The van der Waals surface area contributed by atoms with Crippen LogP contribution in [0.25, 0.3) is 11.1 Å². The first kappa shape index (κ1) is 22.7. The van der Waals surface area contributed by atoms with Gasteiger partial charge in [-0.3, -0.25) is 29.5 Å². The Balaban J connectivity index is 1.49. The van der Waals surface area contributed by atoms with Gasteiger partial charge in [-0.2, -0.15) is 0 Å². The topological polar surface area (TPSA) is 122 Å². The number of aromatic nitrogens is 1. The third kappa shape index (κ3) is 4.28. The predicted molar refractivity (Wildman–Crippen MR) is 128 cm³/mol. The molecule has 1 fully saturated rings. The maximum Gasteiger partial charge on any atom is 0.267 e. The summed E-state index contributed by atoms with van der Waals surface area (Å²) in [6, 6.07) is 13.9. The van der Waals surface area contributed by atoms with Gasteiger partial charge in [-0.25, -0.2) is 0 Å². The molecule has 0 spiro atoms. The van der Waals surface area contributed by atoms with Crippen molar-refractivity contribution in [1.29, 1.82) is 0 Å². The quantitative estimate of drug-likeness (QED) is 0.535. The Labute approximate surface area is 206 Å². The number of halogens is 1. The molecule has 176 valence electrons. The first-order valence-corrected chi connectivity index (χ1v) is 11.5. The highest BCUT2D eigenvalue weighted by molar-refractivity contribution is 6.31. The van der Waals surface area contributed by atoms with Crippen molar-refractivity contribution < 1.29 is 19.2 Å². The average molecular weight is 489 g/mol. The largest absolute Gasteiger partial charge is 0.364 e. The molecule has 1 unspecified atom stereocenters. The molecule has 9 heteroatoms. The fraction of sp³-hybridized carbons (Fsp3) is 0.192. The third-order valence-electron chi connectivity index (χ3n) is 6.37. The second-order valence-corrected chi connectivity index (χ2v) is 9.07. The van der Waals surface area contributed by atoms with Gasteiger partial charge in [-0.15, -0.1) is 0 Å². The normalized spacial score (nSPS) is 17.3.